The van der Waals surface area contributed by atoms with Gasteiger partial charge in [-0.05, 0) is 35.7 Å². The molecule has 0 unspecified atom stereocenters. The molecule has 6 heteroatoms. The van der Waals surface area contributed by atoms with Crippen LogP contribution in [0.25, 0.3) is 10.2 Å². The molecule has 0 saturated heterocycles. The molecule has 0 bridgehead atoms. The average molecular weight is 369 g/mol. The Hall–Kier alpha value is -2.60. The minimum absolute atomic E-state index is 0.0731. The fraction of sp³-hybridized carbons (Fsp3) is 0.300. The third-order valence-corrected chi connectivity index (χ3v) is 5.29. The van der Waals surface area contributed by atoms with E-state index in [0.29, 0.717) is 5.92 Å². The van der Waals surface area contributed by atoms with Crippen molar-refractivity contribution in [2.24, 2.45) is 0 Å². The molecule has 136 valence electrons. The summed E-state index contributed by atoms with van der Waals surface area (Å²) in [6.07, 6.45) is 0. The number of methoxy groups -OCH3 is 1. The van der Waals surface area contributed by atoms with Gasteiger partial charge in [0.25, 0.3) is 0 Å². The topological polar surface area (TPSA) is 54.5 Å². The molecule has 0 atom stereocenters. The fourth-order valence-corrected chi connectivity index (χ4v) is 3.62. The lowest BCUT2D eigenvalue weighted by Gasteiger charge is -2.15. The van der Waals surface area contributed by atoms with E-state index in [1.165, 1.54) is 5.56 Å². The number of aromatic nitrogens is 1. The second-order valence-corrected chi connectivity index (χ2v) is 7.49. The quantitative estimate of drug-likeness (QED) is 0.695. The zero-order valence-corrected chi connectivity index (χ0v) is 16.3. The standard InChI is InChI=1S/C20H23N3O2S/c1-13(2)14-8-10-15(11-9-14)21-18(24)12-23(3)20-22-19-16(25-4)6-5-7-17(19)26-20/h5-11,13H,12H2,1-4H3,(H,21,24). The van der Waals surface area contributed by atoms with Gasteiger partial charge in [0.05, 0.1) is 18.4 Å². The van der Waals surface area contributed by atoms with Gasteiger partial charge in [0, 0.05) is 12.7 Å². The average Bonchev–Trinajstić information content (AvgIpc) is 3.06. The van der Waals surface area contributed by atoms with Gasteiger partial charge in [-0.3, -0.25) is 4.79 Å². The van der Waals surface area contributed by atoms with Crippen LogP contribution in [0.15, 0.2) is 42.5 Å². The smallest absolute Gasteiger partial charge is 0.243 e. The lowest BCUT2D eigenvalue weighted by molar-refractivity contribution is -0.114. The molecule has 1 N–H and O–H groups in total. The van der Waals surface area contributed by atoms with E-state index in [-0.39, 0.29) is 12.5 Å². The number of carbonyl (C=O) groups excluding carboxylic acids is 1. The molecule has 0 radical (unpaired) electrons. The van der Waals surface area contributed by atoms with Crippen LogP contribution in [0.4, 0.5) is 10.8 Å². The third kappa shape index (κ3) is 3.96. The molecule has 0 aliphatic heterocycles. The van der Waals surface area contributed by atoms with E-state index < -0.39 is 0 Å². The van der Waals surface area contributed by atoms with Crippen LogP contribution in [0, 0.1) is 0 Å². The van der Waals surface area contributed by atoms with Gasteiger partial charge >= 0.3 is 0 Å². The van der Waals surface area contributed by atoms with E-state index in [0.717, 1.165) is 26.8 Å². The highest BCUT2D eigenvalue weighted by molar-refractivity contribution is 7.22. The van der Waals surface area contributed by atoms with Crippen LogP contribution < -0.4 is 15.0 Å². The number of amides is 1. The lowest BCUT2D eigenvalue weighted by atomic mass is 10.0. The van der Waals surface area contributed by atoms with Crippen molar-refractivity contribution in [3.05, 3.63) is 48.0 Å². The SMILES string of the molecule is COc1cccc2sc(N(C)CC(=O)Nc3ccc(C(C)C)cc3)nc12. The number of nitrogens with one attached hydrogen (secondary N) is 1. The summed E-state index contributed by atoms with van der Waals surface area (Å²) in [5, 5.41) is 3.72. The molecule has 5 nitrogen and oxygen atoms in total. The van der Waals surface area contributed by atoms with E-state index in [1.807, 2.05) is 54.4 Å². The minimum Gasteiger partial charge on any atom is -0.494 e. The fourth-order valence-electron chi connectivity index (χ4n) is 2.67. The number of fused-ring (bicyclic) bond motifs is 1. The van der Waals surface area contributed by atoms with Gasteiger partial charge in [0.15, 0.2) is 5.13 Å². The summed E-state index contributed by atoms with van der Waals surface area (Å²) in [5.41, 5.74) is 2.88. The number of anilines is 2. The van der Waals surface area contributed by atoms with Crippen LogP contribution in [0.1, 0.15) is 25.3 Å². The minimum atomic E-state index is -0.0731. The molecule has 0 aliphatic carbocycles. The van der Waals surface area contributed by atoms with Crippen molar-refractivity contribution >= 4 is 38.3 Å². The van der Waals surface area contributed by atoms with Crippen molar-refractivity contribution in [3.63, 3.8) is 0 Å². The van der Waals surface area contributed by atoms with Gasteiger partial charge in [0.1, 0.15) is 11.3 Å². The summed E-state index contributed by atoms with van der Waals surface area (Å²) in [4.78, 5) is 18.8. The number of thiazole rings is 1. The first kappa shape index (κ1) is 18.2. The Balaban J connectivity index is 1.67. The van der Waals surface area contributed by atoms with Gasteiger partial charge in [0.2, 0.25) is 5.91 Å². The predicted octanol–water partition coefficient (Wildman–Crippen LogP) is 4.50. The van der Waals surface area contributed by atoms with Gasteiger partial charge in [-0.1, -0.05) is 43.4 Å². The van der Waals surface area contributed by atoms with Crippen molar-refractivity contribution in [3.8, 4) is 5.75 Å². The molecule has 0 spiro atoms. The highest BCUT2D eigenvalue weighted by atomic mass is 32.1. The number of carbonyl (C=O) groups is 1. The maximum Gasteiger partial charge on any atom is 0.243 e. The Bertz CT molecular complexity index is 903. The summed E-state index contributed by atoms with van der Waals surface area (Å²) in [7, 11) is 3.50. The van der Waals surface area contributed by atoms with E-state index >= 15 is 0 Å². The first-order valence-corrected chi connectivity index (χ1v) is 9.34. The number of likely N-dealkylation sites (N-methyl/N-ethyl adjacent to an activating group) is 1. The summed E-state index contributed by atoms with van der Waals surface area (Å²) in [6.45, 7) is 4.53. The van der Waals surface area contributed by atoms with Crippen LogP contribution in [0.3, 0.4) is 0 Å². The zero-order valence-electron chi connectivity index (χ0n) is 15.4. The van der Waals surface area contributed by atoms with E-state index in [9.17, 15) is 4.79 Å². The van der Waals surface area contributed by atoms with Gasteiger partial charge < -0.3 is 15.0 Å². The number of para-hydroxylation sites is 1. The van der Waals surface area contributed by atoms with Crippen molar-refractivity contribution in [1.29, 1.82) is 0 Å². The summed E-state index contributed by atoms with van der Waals surface area (Å²) in [5.74, 6) is 1.14. The van der Waals surface area contributed by atoms with Crippen LogP contribution >= 0.6 is 11.3 Å². The molecular formula is C20H23N3O2S. The Labute approximate surface area is 157 Å². The molecule has 1 amide bonds. The summed E-state index contributed by atoms with van der Waals surface area (Å²) in [6, 6.07) is 13.8. The summed E-state index contributed by atoms with van der Waals surface area (Å²) < 4.78 is 6.39. The van der Waals surface area contributed by atoms with Crippen LogP contribution in [-0.4, -0.2) is 31.6 Å². The van der Waals surface area contributed by atoms with Crippen molar-refractivity contribution in [2.75, 3.05) is 30.9 Å². The largest absolute Gasteiger partial charge is 0.494 e. The highest BCUT2D eigenvalue weighted by Crippen LogP contribution is 2.33. The molecule has 3 rings (SSSR count). The highest BCUT2D eigenvalue weighted by Gasteiger charge is 2.14. The molecule has 3 aromatic rings. The predicted molar refractivity (Wildman–Crippen MR) is 109 cm³/mol. The van der Waals surface area contributed by atoms with Crippen molar-refractivity contribution in [1.82, 2.24) is 4.98 Å². The van der Waals surface area contributed by atoms with E-state index in [4.69, 9.17) is 4.74 Å². The second kappa shape index (κ2) is 7.74. The number of hydrogen-bond acceptors (Lipinski definition) is 5. The van der Waals surface area contributed by atoms with Crippen molar-refractivity contribution in [2.45, 2.75) is 19.8 Å². The van der Waals surface area contributed by atoms with Crippen molar-refractivity contribution < 1.29 is 9.53 Å². The number of rotatable bonds is 6. The first-order chi connectivity index (χ1) is 12.5. The number of nitrogens with zero attached hydrogens (tertiary/aromatic N) is 2. The van der Waals surface area contributed by atoms with Crippen LogP contribution in [0.2, 0.25) is 0 Å². The zero-order chi connectivity index (χ0) is 18.7. The lowest BCUT2D eigenvalue weighted by Crippen LogP contribution is -2.29. The molecule has 0 fully saturated rings. The molecule has 26 heavy (non-hydrogen) atoms. The van der Waals surface area contributed by atoms with E-state index in [2.05, 4.69) is 24.1 Å². The Morgan fingerprint density at radius 2 is 1.96 bits per heavy atom. The van der Waals surface area contributed by atoms with Crippen LogP contribution in [0.5, 0.6) is 5.75 Å². The molecule has 2 aromatic carbocycles. The Kier molecular flexibility index (Phi) is 5.42. The molecule has 0 saturated carbocycles. The molecule has 0 aliphatic rings. The molecule has 1 heterocycles. The summed E-state index contributed by atoms with van der Waals surface area (Å²) >= 11 is 1.54. The second-order valence-electron chi connectivity index (χ2n) is 6.48. The normalized spacial score (nSPS) is 11.0. The molecule has 1 aromatic heterocycles. The number of hydrogen-bond donors (Lipinski definition) is 1. The Morgan fingerprint density at radius 3 is 2.62 bits per heavy atom. The van der Waals surface area contributed by atoms with Gasteiger partial charge in [-0.2, -0.15) is 0 Å². The van der Waals surface area contributed by atoms with E-state index in [1.54, 1.807) is 18.4 Å². The molecular weight excluding hydrogens is 346 g/mol. The number of ether oxygens (including phenoxy) is 1. The maximum absolute atomic E-state index is 12.4. The van der Waals surface area contributed by atoms with Gasteiger partial charge in [-0.25, -0.2) is 4.98 Å². The van der Waals surface area contributed by atoms with Gasteiger partial charge in [-0.15, -0.1) is 0 Å². The maximum atomic E-state index is 12.4. The van der Waals surface area contributed by atoms with Crippen LogP contribution in [-0.2, 0) is 4.79 Å². The number of benzene rings is 2. The Morgan fingerprint density at radius 1 is 1.23 bits per heavy atom. The monoisotopic (exact) mass is 369 g/mol. The third-order valence-electron chi connectivity index (χ3n) is 4.16. The first-order valence-electron chi connectivity index (χ1n) is 8.52.